The summed E-state index contributed by atoms with van der Waals surface area (Å²) in [6.07, 6.45) is 0.649. The Bertz CT molecular complexity index is 809. The van der Waals surface area contributed by atoms with Crippen LogP contribution in [-0.4, -0.2) is 67.4 Å². The molecule has 156 valence electrons. The zero-order valence-electron chi connectivity index (χ0n) is 16.1. The Labute approximate surface area is 168 Å². The van der Waals surface area contributed by atoms with Gasteiger partial charge in [-0.2, -0.15) is 0 Å². The molecule has 3 rings (SSSR count). The summed E-state index contributed by atoms with van der Waals surface area (Å²) in [5.41, 5.74) is 7.32. The summed E-state index contributed by atoms with van der Waals surface area (Å²) in [7, 11) is 0. The number of benzene rings is 1. The molecule has 0 spiro atoms. The second-order valence-corrected chi connectivity index (χ2v) is 7.01. The van der Waals surface area contributed by atoms with Gasteiger partial charge >= 0.3 is 0 Å². The van der Waals surface area contributed by atoms with Crippen molar-refractivity contribution in [2.75, 3.05) is 33.0 Å². The molecule has 0 radical (unpaired) electrons. The molecule has 9 heteroatoms. The van der Waals surface area contributed by atoms with E-state index in [-0.39, 0.29) is 43.6 Å². The van der Waals surface area contributed by atoms with Crippen LogP contribution in [-0.2, 0) is 36.8 Å². The number of hydrogen-bond donors (Lipinski definition) is 2. The van der Waals surface area contributed by atoms with E-state index < -0.39 is 11.9 Å². The molecule has 1 saturated heterocycles. The van der Waals surface area contributed by atoms with Gasteiger partial charge in [0.2, 0.25) is 11.8 Å². The molecular weight excluding hydrogens is 378 g/mol. The predicted molar refractivity (Wildman–Crippen MR) is 102 cm³/mol. The van der Waals surface area contributed by atoms with Crippen molar-refractivity contribution in [2.24, 2.45) is 5.73 Å². The smallest absolute Gasteiger partial charge is 0.255 e. The van der Waals surface area contributed by atoms with E-state index in [1.807, 2.05) is 6.07 Å². The Hall–Kier alpha value is -2.62. The number of imide groups is 1. The van der Waals surface area contributed by atoms with Gasteiger partial charge < -0.3 is 20.1 Å². The number of nitrogens with two attached hydrogens (primary N) is 1. The van der Waals surface area contributed by atoms with Gasteiger partial charge in [-0.15, -0.1) is 0 Å². The molecule has 9 nitrogen and oxygen atoms in total. The zero-order chi connectivity index (χ0) is 20.8. The minimum atomic E-state index is -0.673. The number of fused-ring (bicyclic) bond motifs is 1. The van der Waals surface area contributed by atoms with Crippen LogP contribution in [0, 0.1) is 0 Å². The average molecular weight is 403 g/mol. The molecule has 3 N–H and O–H groups in total. The topological polar surface area (TPSA) is 128 Å². The number of carbonyl (C=O) groups is 4. The van der Waals surface area contributed by atoms with Crippen molar-refractivity contribution in [2.45, 2.75) is 31.8 Å². The van der Waals surface area contributed by atoms with Gasteiger partial charge in [0.05, 0.1) is 19.8 Å². The molecule has 3 amide bonds. The second-order valence-electron chi connectivity index (χ2n) is 7.01. The van der Waals surface area contributed by atoms with Crippen molar-refractivity contribution >= 4 is 23.5 Å². The normalized spacial score (nSPS) is 18.7. The maximum absolute atomic E-state index is 12.8. The van der Waals surface area contributed by atoms with Crippen LogP contribution in [0.5, 0.6) is 0 Å². The minimum absolute atomic E-state index is 0.0412. The number of amides is 3. The molecule has 1 aromatic rings. The van der Waals surface area contributed by atoms with Crippen LogP contribution >= 0.6 is 0 Å². The van der Waals surface area contributed by atoms with E-state index in [2.05, 4.69) is 5.32 Å². The Morgan fingerprint density at radius 2 is 1.97 bits per heavy atom. The van der Waals surface area contributed by atoms with Gasteiger partial charge in [-0.25, -0.2) is 0 Å². The SMILES string of the molecule is NCCOCCOCC(=O)Cc1cccc2c1CN(C1CCC(=O)NC1=O)C2=O. The third-order valence-electron chi connectivity index (χ3n) is 4.96. The Balaban J connectivity index is 1.59. The number of rotatable bonds is 10. The number of nitrogens with one attached hydrogen (secondary N) is 1. The second kappa shape index (κ2) is 9.73. The maximum Gasteiger partial charge on any atom is 0.255 e. The average Bonchev–Trinajstić information content (AvgIpc) is 3.02. The first kappa shape index (κ1) is 21.1. The molecule has 29 heavy (non-hydrogen) atoms. The van der Waals surface area contributed by atoms with Crippen molar-refractivity contribution in [1.29, 1.82) is 0 Å². The standard InChI is InChI=1S/C20H25N3O6/c21-6-7-28-8-9-29-12-14(24)10-13-2-1-3-15-16(13)11-23(20(15)27)17-4-5-18(25)22-19(17)26/h1-3,17H,4-12,21H2,(H,22,25,26). The van der Waals surface area contributed by atoms with E-state index in [0.29, 0.717) is 38.3 Å². The van der Waals surface area contributed by atoms with E-state index in [1.54, 1.807) is 12.1 Å². The molecule has 1 fully saturated rings. The number of nitrogens with zero attached hydrogens (tertiary/aromatic N) is 1. The zero-order valence-corrected chi connectivity index (χ0v) is 16.1. The molecule has 2 heterocycles. The number of piperidine rings is 1. The van der Waals surface area contributed by atoms with Crippen LogP contribution in [0.1, 0.15) is 34.3 Å². The monoisotopic (exact) mass is 403 g/mol. The van der Waals surface area contributed by atoms with E-state index in [1.165, 1.54) is 4.90 Å². The fraction of sp³-hybridized carbons (Fsp3) is 0.500. The first-order valence-corrected chi connectivity index (χ1v) is 9.64. The Morgan fingerprint density at radius 3 is 2.72 bits per heavy atom. The molecule has 1 unspecified atom stereocenters. The van der Waals surface area contributed by atoms with Crippen molar-refractivity contribution in [3.8, 4) is 0 Å². The fourth-order valence-corrected chi connectivity index (χ4v) is 3.57. The number of ether oxygens (including phenoxy) is 2. The number of Topliss-reactive ketones (excluding diaryl/α,β-unsaturated/α-hetero) is 1. The van der Waals surface area contributed by atoms with Crippen LogP contribution in [0.3, 0.4) is 0 Å². The molecule has 2 aliphatic heterocycles. The lowest BCUT2D eigenvalue weighted by molar-refractivity contribution is -0.137. The van der Waals surface area contributed by atoms with E-state index in [0.717, 1.165) is 11.1 Å². The highest BCUT2D eigenvalue weighted by atomic mass is 16.5. The summed E-state index contributed by atoms with van der Waals surface area (Å²) in [4.78, 5) is 50.1. The van der Waals surface area contributed by atoms with Gasteiger partial charge in [-0.3, -0.25) is 24.5 Å². The largest absolute Gasteiger partial charge is 0.378 e. The predicted octanol–water partition coefficient (Wildman–Crippen LogP) is -0.449. The minimum Gasteiger partial charge on any atom is -0.378 e. The molecular formula is C20H25N3O6. The molecule has 0 saturated carbocycles. The molecule has 1 aromatic carbocycles. The summed E-state index contributed by atoms with van der Waals surface area (Å²) >= 11 is 0. The van der Waals surface area contributed by atoms with Crippen LogP contribution in [0.25, 0.3) is 0 Å². The highest BCUT2D eigenvalue weighted by Gasteiger charge is 2.39. The third kappa shape index (κ3) is 5.06. The van der Waals surface area contributed by atoms with Gasteiger partial charge in [0.15, 0.2) is 5.78 Å². The van der Waals surface area contributed by atoms with E-state index >= 15 is 0 Å². The van der Waals surface area contributed by atoms with Gasteiger partial charge in [0.25, 0.3) is 5.91 Å². The lowest BCUT2D eigenvalue weighted by Gasteiger charge is -2.29. The number of ketones is 1. The Morgan fingerprint density at radius 1 is 1.17 bits per heavy atom. The van der Waals surface area contributed by atoms with Gasteiger partial charge in [-0.05, 0) is 23.6 Å². The van der Waals surface area contributed by atoms with Crippen LogP contribution in [0.4, 0.5) is 0 Å². The third-order valence-corrected chi connectivity index (χ3v) is 4.96. The first-order valence-electron chi connectivity index (χ1n) is 9.64. The molecule has 0 aromatic heterocycles. The molecule has 0 aliphatic carbocycles. The van der Waals surface area contributed by atoms with Crippen LogP contribution in [0.15, 0.2) is 18.2 Å². The summed E-state index contributed by atoms with van der Waals surface area (Å²) in [5.74, 6) is -1.14. The van der Waals surface area contributed by atoms with Crippen LogP contribution in [0.2, 0.25) is 0 Å². The van der Waals surface area contributed by atoms with Gasteiger partial charge in [0.1, 0.15) is 12.6 Å². The molecule has 1 atom stereocenters. The summed E-state index contributed by atoms with van der Waals surface area (Å²) in [6.45, 7) is 1.77. The number of carbonyl (C=O) groups excluding carboxylic acids is 4. The quantitative estimate of drug-likeness (QED) is 0.400. The Kier molecular flexibility index (Phi) is 7.08. The first-order chi connectivity index (χ1) is 14.0. The molecule has 2 aliphatic rings. The molecule has 0 bridgehead atoms. The van der Waals surface area contributed by atoms with Crippen molar-refractivity contribution in [3.05, 3.63) is 34.9 Å². The van der Waals surface area contributed by atoms with Gasteiger partial charge in [0, 0.05) is 31.5 Å². The number of hydrogen-bond acceptors (Lipinski definition) is 7. The van der Waals surface area contributed by atoms with E-state index in [4.69, 9.17) is 15.2 Å². The van der Waals surface area contributed by atoms with E-state index in [9.17, 15) is 19.2 Å². The summed E-state index contributed by atoms with van der Waals surface area (Å²) < 4.78 is 10.5. The maximum atomic E-state index is 12.8. The fourth-order valence-electron chi connectivity index (χ4n) is 3.57. The van der Waals surface area contributed by atoms with Crippen LogP contribution < -0.4 is 11.1 Å². The van der Waals surface area contributed by atoms with Crippen molar-refractivity contribution in [1.82, 2.24) is 10.2 Å². The summed E-state index contributed by atoms with van der Waals surface area (Å²) in [5, 5.41) is 2.28. The summed E-state index contributed by atoms with van der Waals surface area (Å²) in [6, 6.07) is 4.56. The van der Waals surface area contributed by atoms with Gasteiger partial charge in [-0.1, -0.05) is 12.1 Å². The lowest BCUT2D eigenvalue weighted by Crippen LogP contribution is -2.52. The lowest BCUT2D eigenvalue weighted by atomic mass is 9.99. The highest BCUT2D eigenvalue weighted by Crippen LogP contribution is 2.30. The van der Waals surface area contributed by atoms with Crippen molar-refractivity contribution < 1.29 is 28.7 Å². The highest BCUT2D eigenvalue weighted by molar-refractivity contribution is 6.05. The van der Waals surface area contributed by atoms with Crippen molar-refractivity contribution in [3.63, 3.8) is 0 Å².